The lowest BCUT2D eigenvalue weighted by atomic mass is 10.0. The number of hydrogen-bond donors (Lipinski definition) is 0. The average molecular weight is 761 g/mol. The van der Waals surface area contributed by atoms with Crippen molar-refractivity contribution in [1.29, 1.82) is 0 Å². The van der Waals surface area contributed by atoms with E-state index in [2.05, 4.69) is 39.8 Å². The van der Waals surface area contributed by atoms with Crippen molar-refractivity contribution >= 4 is 12.4 Å². The van der Waals surface area contributed by atoms with E-state index < -0.39 is 0 Å². The Morgan fingerprint density at radius 3 is 0.964 bits per heavy atom. The summed E-state index contributed by atoms with van der Waals surface area (Å²) in [6.07, 6.45) is 53.6. The highest BCUT2D eigenvalue weighted by molar-refractivity contribution is 5.38. The van der Waals surface area contributed by atoms with Crippen LogP contribution in [0.2, 0.25) is 0 Å². The quantitative estimate of drug-likeness (QED) is 0.0650. The molecule has 0 aliphatic carbocycles. The Balaban J connectivity index is 1.75. The van der Waals surface area contributed by atoms with Crippen molar-refractivity contribution in [2.24, 2.45) is 0 Å². The van der Waals surface area contributed by atoms with Crippen LogP contribution in [0.25, 0.3) is 12.4 Å². The minimum absolute atomic E-state index is 0.178. The number of pyridine rings is 2. The number of nitrogens with zero attached hydrogens (tertiary/aromatic N) is 2. The van der Waals surface area contributed by atoms with Crippen LogP contribution in [0.3, 0.4) is 0 Å². The second-order valence-corrected chi connectivity index (χ2v) is 16.1. The van der Waals surface area contributed by atoms with E-state index in [-0.39, 0.29) is 22.4 Å². The van der Waals surface area contributed by atoms with Crippen LogP contribution in [-0.2, 0) is 12.8 Å². The molecule has 0 aliphatic rings. The first kappa shape index (κ1) is 48.3. The molecule has 5 nitrogen and oxygen atoms in total. The summed E-state index contributed by atoms with van der Waals surface area (Å²) < 4.78 is 10.0. The number of aryl methyl sites for hydroxylation is 2. The Bertz CT molecular complexity index is 1300. The molecule has 0 aliphatic heterocycles. The third kappa shape index (κ3) is 23.1. The van der Waals surface area contributed by atoms with Gasteiger partial charge in [-0.25, -0.2) is 0 Å². The molecule has 0 saturated carbocycles. The molecule has 0 spiro atoms. The lowest BCUT2D eigenvalue weighted by Gasteiger charge is -2.13. The summed E-state index contributed by atoms with van der Waals surface area (Å²) >= 11 is 0. The summed E-state index contributed by atoms with van der Waals surface area (Å²) in [5.41, 5.74) is 1.46. The first-order chi connectivity index (χ1) is 27.0. The second-order valence-electron chi connectivity index (χ2n) is 16.1. The van der Waals surface area contributed by atoms with Gasteiger partial charge in [0.2, 0.25) is 10.9 Å². The Hall–Kier alpha value is -2.82. The molecule has 0 amide bonds. The number of ether oxygens (including phenoxy) is 1. The molecule has 0 N–H and O–H groups in total. The molecular weight excluding hydrogens is 677 g/mol. The lowest BCUT2D eigenvalue weighted by Crippen LogP contribution is -2.15. The standard InChI is InChI=1S/C50H84N2O3/c1-5-9-11-13-15-17-19-21-23-25-27-29-31-33-35-37-39-51-43-49(47(53)41-45(51)7-3)55-50-44-52(46(8-4)42-48(50)54)40-38-36-34-32-30-28-26-24-22-20-18-16-14-12-10-6-2/h37-44H,5-36H2,1-4H3. The van der Waals surface area contributed by atoms with Gasteiger partial charge in [-0.15, -0.1) is 0 Å². The van der Waals surface area contributed by atoms with Crippen LogP contribution in [0.1, 0.15) is 232 Å². The van der Waals surface area contributed by atoms with Crippen LogP contribution >= 0.6 is 0 Å². The number of allylic oxidation sites excluding steroid dienone is 2. The van der Waals surface area contributed by atoms with Gasteiger partial charge in [0.1, 0.15) is 0 Å². The van der Waals surface area contributed by atoms with Gasteiger partial charge in [-0.2, -0.15) is 0 Å². The van der Waals surface area contributed by atoms with Crippen molar-refractivity contribution in [3.8, 4) is 11.5 Å². The Morgan fingerprint density at radius 1 is 0.418 bits per heavy atom. The Labute approximate surface area is 338 Å². The Morgan fingerprint density at radius 2 is 0.691 bits per heavy atom. The monoisotopic (exact) mass is 761 g/mol. The molecule has 0 saturated heterocycles. The molecular formula is C50H84N2O3. The number of aromatic nitrogens is 2. The predicted octanol–water partition coefficient (Wildman–Crippen LogP) is 15.6. The zero-order valence-corrected chi connectivity index (χ0v) is 36.4. The molecule has 55 heavy (non-hydrogen) atoms. The topological polar surface area (TPSA) is 53.2 Å². The average Bonchev–Trinajstić information content (AvgIpc) is 3.19. The van der Waals surface area contributed by atoms with E-state index in [1.54, 1.807) is 24.5 Å². The molecule has 0 fully saturated rings. The minimum Gasteiger partial charge on any atom is -0.446 e. The van der Waals surface area contributed by atoms with Gasteiger partial charge in [0.05, 0.1) is 12.4 Å². The Kier molecular flexibility index (Phi) is 29.3. The van der Waals surface area contributed by atoms with E-state index in [9.17, 15) is 9.59 Å². The zero-order chi connectivity index (χ0) is 39.6. The number of rotatable bonds is 36. The van der Waals surface area contributed by atoms with Gasteiger partial charge in [-0.05, 0) is 38.5 Å². The highest BCUT2D eigenvalue weighted by Crippen LogP contribution is 2.19. The summed E-state index contributed by atoms with van der Waals surface area (Å²) in [5, 5.41) is 0. The molecule has 2 aromatic rings. The maximum Gasteiger partial charge on any atom is 0.224 e. The fourth-order valence-electron chi connectivity index (χ4n) is 7.55. The van der Waals surface area contributed by atoms with Crippen LogP contribution in [0, 0.1) is 0 Å². The summed E-state index contributed by atoms with van der Waals surface area (Å²) in [6.45, 7) is 8.68. The molecule has 0 atom stereocenters. The van der Waals surface area contributed by atoms with Crippen molar-refractivity contribution < 1.29 is 4.74 Å². The smallest absolute Gasteiger partial charge is 0.224 e. The van der Waals surface area contributed by atoms with Gasteiger partial charge in [-0.3, -0.25) is 9.59 Å². The van der Waals surface area contributed by atoms with E-state index >= 15 is 0 Å². The summed E-state index contributed by atoms with van der Waals surface area (Å²) in [4.78, 5) is 26.1. The van der Waals surface area contributed by atoms with Crippen LogP contribution in [0.15, 0.2) is 46.3 Å². The molecule has 312 valence electrons. The van der Waals surface area contributed by atoms with Gasteiger partial charge in [-0.1, -0.05) is 207 Å². The largest absolute Gasteiger partial charge is 0.446 e. The third-order valence-corrected chi connectivity index (χ3v) is 11.2. The van der Waals surface area contributed by atoms with Crippen molar-refractivity contribution in [3.63, 3.8) is 0 Å². The maximum absolute atomic E-state index is 13.1. The normalized spacial score (nSPS) is 11.8. The maximum atomic E-state index is 13.1. The highest BCUT2D eigenvalue weighted by atomic mass is 16.5. The molecule has 2 rings (SSSR count). The second kappa shape index (κ2) is 33.3. The minimum atomic E-state index is -0.202. The van der Waals surface area contributed by atoms with E-state index in [0.29, 0.717) is 0 Å². The van der Waals surface area contributed by atoms with Crippen molar-refractivity contribution in [1.82, 2.24) is 9.13 Å². The van der Waals surface area contributed by atoms with Gasteiger partial charge >= 0.3 is 0 Å². The van der Waals surface area contributed by atoms with Gasteiger partial charge < -0.3 is 13.9 Å². The third-order valence-electron chi connectivity index (χ3n) is 11.2. The van der Waals surface area contributed by atoms with Crippen LogP contribution in [0.4, 0.5) is 0 Å². The first-order valence-corrected chi connectivity index (χ1v) is 23.5. The molecule has 5 heteroatoms. The molecule has 0 unspecified atom stereocenters. The van der Waals surface area contributed by atoms with E-state index in [1.165, 1.54) is 180 Å². The molecule has 0 bridgehead atoms. The van der Waals surface area contributed by atoms with Crippen LogP contribution < -0.4 is 15.6 Å². The first-order valence-electron chi connectivity index (χ1n) is 23.5. The van der Waals surface area contributed by atoms with Gasteiger partial charge in [0.25, 0.3) is 0 Å². The predicted molar refractivity (Wildman–Crippen MR) is 241 cm³/mol. The van der Waals surface area contributed by atoms with Crippen LogP contribution in [0.5, 0.6) is 11.5 Å². The van der Waals surface area contributed by atoms with E-state index in [1.807, 2.05) is 21.5 Å². The fourth-order valence-corrected chi connectivity index (χ4v) is 7.55. The zero-order valence-electron chi connectivity index (χ0n) is 36.4. The van der Waals surface area contributed by atoms with Gasteiger partial charge in [0.15, 0.2) is 11.5 Å². The fraction of sp³-hybridized carbons (Fsp3) is 0.720. The summed E-state index contributed by atoms with van der Waals surface area (Å²) in [6, 6.07) is 3.28. The van der Waals surface area contributed by atoms with Gasteiger partial charge in [0, 0.05) is 35.9 Å². The number of hydrogen-bond acceptors (Lipinski definition) is 3. The van der Waals surface area contributed by atoms with Crippen molar-refractivity contribution in [2.45, 2.75) is 233 Å². The summed E-state index contributed by atoms with van der Waals surface area (Å²) in [5.74, 6) is 0.357. The molecule has 2 aromatic heterocycles. The highest BCUT2D eigenvalue weighted by Gasteiger charge is 2.11. The molecule has 2 heterocycles. The van der Waals surface area contributed by atoms with E-state index in [4.69, 9.17) is 4.74 Å². The van der Waals surface area contributed by atoms with Crippen LogP contribution in [-0.4, -0.2) is 9.13 Å². The van der Waals surface area contributed by atoms with Crippen molar-refractivity contribution in [2.75, 3.05) is 0 Å². The lowest BCUT2D eigenvalue weighted by molar-refractivity contribution is 0.464. The van der Waals surface area contributed by atoms with E-state index in [0.717, 1.165) is 37.1 Å². The molecule has 0 aromatic carbocycles. The number of unbranched alkanes of at least 4 members (excludes halogenated alkanes) is 28. The van der Waals surface area contributed by atoms with Crippen molar-refractivity contribution in [3.05, 3.63) is 68.5 Å². The molecule has 0 radical (unpaired) electrons. The SMILES string of the molecule is CCCCCCCCCCCCCCCCC=Cn1cc(Oc2cn(C=CCCCCCCCCCCCCCCCC)c(CC)cc2=O)c(=O)cc1CC. The summed E-state index contributed by atoms with van der Waals surface area (Å²) in [7, 11) is 0.